The van der Waals surface area contributed by atoms with Gasteiger partial charge in [-0.1, -0.05) is 46.5 Å². The third-order valence-corrected chi connectivity index (χ3v) is 7.53. The smallest absolute Gasteiger partial charge is 0.321 e. The molecule has 1 saturated heterocycles. The molecule has 11 heteroatoms. The molecule has 0 aliphatic carbocycles. The minimum absolute atomic E-state index is 0.0685. The summed E-state index contributed by atoms with van der Waals surface area (Å²) < 4.78 is 8.76. The maximum absolute atomic E-state index is 12.0. The molecule has 1 aliphatic rings. The Kier molecular flexibility index (Phi) is 6.25. The number of rotatable bonds is 6. The Balaban J connectivity index is 1.26. The van der Waals surface area contributed by atoms with Gasteiger partial charge in [0, 0.05) is 24.3 Å². The Labute approximate surface area is 203 Å². The molecule has 8 nitrogen and oxygen atoms in total. The van der Waals surface area contributed by atoms with E-state index < -0.39 is 0 Å². The zero-order valence-electron chi connectivity index (χ0n) is 17.7. The number of nitrogens with one attached hydrogen (secondary N) is 1. The van der Waals surface area contributed by atoms with Crippen molar-refractivity contribution in [1.29, 1.82) is 0 Å². The fourth-order valence-corrected chi connectivity index (χ4v) is 5.68. The Morgan fingerprint density at radius 3 is 2.82 bits per heavy atom. The molecule has 0 saturated carbocycles. The van der Waals surface area contributed by atoms with E-state index in [2.05, 4.69) is 20.6 Å². The van der Waals surface area contributed by atoms with Crippen LogP contribution in [0.5, 0.6) is 0 Å². The molecule has 4 aromatic rings. The first-order chi connectivity index (χ1) is 16.1. The summed E-state index contributed by atoms with van der Waals surface area (Å²) in [7, 11) is 0. The van der Waals surface area contributed by atoms with Crippen molar-refractivity contribution < 1.29 is 9.32 Å². The fourth-order valence-electron chi connectivity index (χ4n) is 3.49. The van der Waals surface area contributed by atoms with Crippen molar-refractivity contribution in [3.63, 3.8) is 0 Å². The molecule has 0 unspecified atom stereocenters. The van der Waals surface area contributed by atoms with Crippen LogP contribution in [0.15, 0.2) is 57.4 Å². The van der Waals surface area contributed by atoms with E-state index in [9.17, 15) is 4.79 Å². The topological polar surface area (TPSA) is 89.1 Å². The molecule has 2 aromatic heterocycles. The summed E-state index contributed by atoms with van der Waals surface area (Å²) >= 11 is 8.47. The van der Waals surface area contributed by atoms with E-state index in [4.69, 9.17) is 16.7 Å². The van der Waals surface area contributed by atoms with E-state index in [1.807, 2.05) is 55.5 Å². The predicted molar refractivity (Wildman–Crippen MR) is 132 cm³/mol. The SMILES string of the molecule is Cc1ccccc1-n1nc(SCc2nc(-c3ccc(N4CCCNC4=O)cc3)no2)sc1=S. The molecule has 0 spiro atoms. The van der Waals surface area contributed by atoms with Gasteiger partial charge in [0.1, 0.15) is 0 Å². The number of benzene rings is 2. The zero-order chi connectivity index (χ0) is 22.8. The van der Waals surface area contributed by atoms with Gasteiger partial charge in [0.15, 0.2) is 8.29 Å². The lowest BCUT2D eigenvalue weighted by molar-refractivity contribution is 0.243. The summed E-state index contributed by atoms with van der Waals surface area (Å²) in [5.74, 6) is 1.52. The van der Waals surface area contributed by atoms with Gasteiger partial charge in [-0.2, -0.15) is 4.98 Å². The average Bonchev–Trinajstić information content (AvgIpc) is 3.45. The first-order valence-corrected chi connectivity index (χ1v) is 12.6. The van der Waals surface area contributed by atoms with Crippen molar-refractivity contribution in [2.75, 3.05) is 18.0 Å². The molecular weight excluding hydrogens is 476 g/mol. The van der Waals surface area contributed by atoms with Crippen LogP contribution in [0.2, 0.25) is 0 Å². The first kappa shape index (κ1) is 21.8. The molecular formula is C22H20N6O2S3. The highest BCUT2D eigenvalue weighted by Crippen LogP contribution is 2.28. The van der Waals surface area contributed by atoms with E-state index in [1.165, 1.54) is 23.1 Å². The standard InChI is InChI=1S/C22H20N6O2S3/c1-14-5-2-3-6-17(14)28-22(31)33-21(25-28)32-13-18-24-19(26-30-18)15-7-9-16(10-8-15)27-12-4-11-23-20(27)29/h2-3,5-10H,4,11-13H2,1H3,(H,23,29). The average molecular weight is 497 g/mol. The van der Waals surface area contributed by atoms with Crippen molar-refractivity contribution in [3.05, 3.63) is 63.9 Å². The summed E-state index contributed by atoms with van der Waals surface area (Å²) in [6, 6.07) is 15.5. The molecule has 1 N–H and O–H groups in total. The molecule has 2 aromatic carbocycles. The number of anilines is 1. The Morgan fingerprint density at radius 2 is 2.03 bits per heavy atom. The van der Waals surface area contributed by atoms with Gasteiger partial charge in [-0.15, -0.1) is 5.10 Å². The summed E-state index contributed by atoms with van der Waals surface area (Å²) in [4.78, 5) is 18.3. The second-order valence-corrected chi connectivity index (χ2v) is 10.3. The van der Waals surface area contributed by atoms with Crippen LogP contribution in [0.1, 0.15) is 17.9 Å². The lowest BCUT2D eigenvalue weighted by Crippen LogP contribution is -2.46. The fraction of sp³-hybridized carbons (Fsp3) is 0.227. The molecule has 0 bridgehead atoms. The van der Waals surface area contributed by atoms with Crippen LogP contribution in [-0.4, -0.2) is 39.0 Å². The maximum atomic E-state index is 12.0. The van der Waals surface area contributed by atoms with E-state index in [0.29, 0.717) is 28.0 Å². The Hall–Kier alpha value is -3.02. The van der Waals surface area contributed by atoms with Gasteiger partial charge >= 0.3 is 6.03 Å². The van der Waals surface area contributed by atoms with Crippen molar-refractivity contribution >= 4 is 47.0 Å². The van der Waals surface area contributed by atoms with Crippen LogP contribution in [-0.2, 0) is 5.75 Å². The molecule has 3 heterocycles. The highest BCUT2D eigenvalue weighted by atomic mass is 32.2. The number of carbonyl (C=O) groups is 1. The zero-order valence-corrected chi connectivity index (χ0v) is 20.2. The second kappa shape index (κ2) is 9.46. The number of aryl methyl sites for hydroxylation is 1. The maximum Gasteiger partial charge on any atom is 0.321 e. The van der Waals surface area contributed by atoms with Gasteiger partial charge in [-0.05, 0) is 61.5 Å². The number of para-hydroxylation sites is 1. The van der Waals surface area contributed by atoms with E-state index >= 15 is 0 Å². The minimum atomic E-state index is -0.0685. The lowest BCUT2D eigenvalue weighted by atomic mass is 10.1. The van der Waals surface area contributed by atoms with E-state index in [-0.39, 0.29) is 6.03 Å². The van der Waals surface area contributed by atoms with Gasteiger partial charge in [0.05, 0.1) is 11.4 Å². The Morgan fingerprint density at radius 1 is 1.21 bits per heavy atom. The van der Waals surface area contributed by atoms with Crippen LogP contribution in [0.4, 0.5) is 10.5 Å². The van der Waals surface area contributed by atoms with Gasteiger partial charge in [0.2, 0.25) is 11.7 Å². The predicted octanol–water partition coefficient (Wildman–Crippen LogP) is 5.23. The quantitative estimate of drug-likeness (QED) is 0.289. The second-order valence-electron chi connectivity index (χ2n) is 7.42. The molecule has 33 heavy (non-hydrogen) atoms. The number of urea groups is 1. The number of carbonyl (C=O) groups excluding carboxylic acids is 1. The third-order valence-electron chi connectivity index (χ3n) is 5.18. The summed E-state index contributed by atoms with van der Waals surface area (Å²) in [5.41, 5.74) is 3.77. The van der Waals surface area contributed by atoms with Gasteiger partial charge in [-0.25, -0.2) is 9.48 Å². The highest BCUT2D eigenvalue weighted by molar-refractivity contribution is 8.00. The monoisotopic (exact) mass is 496 g/mol. The molecule has 0 radical (unpaired) electrons. The van der Waals surface area contributed by atoms with Crippen LogP contribution in [0.3, 0.4) is 0 Å². The van der Waals surface area contributed by atoms with Gasteiger partial charge < -0.3 is 9.84 Å². The third kappa shape index (κ3) is 4.70. The molecule has 5 rings (SSSR count). The number of hydrogen-bond acceptors (Lipinski definition) is 8. The lowest BCUT2D eigenvalue weighted by Gasteiger charge is -2.27. The summed E-state index contributed by atoms with van der Waals surface area (Å²) in [6.45, 7) is 3.47. The van der Waals surface area contributed by atoms with Crippen LogP contribution in [0, 0.1) is 10.9 Å². The van der Waals surface area contributed by atoms with E-state index in [1.54, 1.807) is 9.58 Å². The van der Waals surface area contributed by atoms with Gasteiger partial charge in [0.25, 0.3) is 0 Å². The Bertz CT molecular complexity index is 1340. The molecule has 0 atom stereocenters. The van der Waals surface area contributed by atoms with Crippen LogP contribution in [0.25, 0.3) is 17.1 Å². The normalized spacial score (nSPS) is 13.8. The minimum Gasteiger partial charge on any atom is -0.338 e. The van der Waals surface area contributed by atoms with Gasteiger partial charge in [-0.3, -0.25) is 4.90 Å². The van der Waals surface area contributed by atoms with Crippen molar-refractivity contribution in [2.24, 2.45) is 0 Å². The molecule has 1 aliphatic heterocycles. The highest BCUT2D eigenvalue weighted by Gasteiger charge is 2.19. The number of hydrogen-bond donors (Lipinski definition) is 1. The van der Waals surface area contributed by atoms with Crippen molar-refractivity contribution in [2.45, 2.75) is 23.4 Å². The summed E-state index contributed by atoms with van der Waals surface area (Å²) in [6.07, 6.45) is 0.927. The molecule has 168 valence electrons. The molecule has 2 amide bonds. The largest absolute Gasteiger partial charge is 0.338 e. The molecule has 1 fully saturated rings. The van der Waals surface area contributed by atoms with Crippen molar-refractivity contribution in [3.8, 4) is 17.1 Å². The van der Waals surface area contributed by atoms with Crippen molar-refractivity contribution in [1.82, 2.24) is 25.2 Å². The summed E-state index contributed by atoms with van der Waals surface area (Å²) in [5, 5.41) is 11.6. The number of nitrogens with zero attached hydrogens (tertiary/aromatic N) is 5. The number of amides is 2. The van der Waals surface area contributed by atoms with Crippen LogP contribution < -0.4 is 10.2 Å². The number of aromatic nitrogens is 4. The number of thioether (sulfide) groups is 1. The first-order valence-electron chi connectivity index (χ1n) is 10.4. The van der Waals surface area contributed by atoms with E-state index in [0.717, 1.165) is 39.8 Å². The van der Waals surface area contributed by atoms with Crippen LogP contribution >= 0.6 is 35.3 Å².